The summed E-state index contributed by atoms with van der Waals surface area (Å²) in [5.74, 6) is -0.402. The van der Waals surface area contributed by atoms with Gasteiger partial charge in [-0.15, -0.1) is 0 Å². The highest BCUT2D eigenvalue weighted by Gasteiger charge is 2.40. The number of rotatable bonds is 4. The zero-order valence-corrected chi connectivity index (χ0v) is 16.9. The number of benzene rings is 1. The van der Waals surface area contributed by atoms with E-state index in [1.165, 1.54) is 21.3 Å². The van der Waals surface area contributed by atoms with Crippen LogP contribution in [-0.2, 0) is 24.3 Å². The van der Waals surface area contributed by atoms with Crippen molar-refractivity contribution in [1.82, 2.24) is 14.1 Å². The van der Waals surface area contributed by atoms with Crippen LogP contribution in [0, 0.1) is 0 Å². The fourth-order valence-corrected chi connectivity index (χ4v) is 5.55. The molecule has 4 rings (SSSR count). The van der Waals surface area contributed by atoms with Crippen LogP contribution in [-0.4, -0.2) is 85.8 Å². The molecule has 2 heterocycles. The maximum absolute atomic E-state index is 12.9. The second kappa shape index (κ2) is 7.62. The maximum atomic E-state index is 12.9. The minimum absolute atomic E-state index is 0.0120. The molecule has 0 spiro atoms. The lowest BCUT2D eigenvalue weighted by molar-refractivity contribution is -0.155. The predicted octanol–water partition coefficient (Wildman–Crippen LogP) is 0.563. The van der Waals surface area contributed by atoms with E-state index in [2.05, 4.69) is 0 Å². The van der Waals surface area contributed by atoms with Crippen molar-refractivity contribution in [3.8, 4) is 0 Å². The van der Waals surface area contributed by atoms with E-state index in [1.54, 1.807) is 12.1 Å². The monoisotopic (exact) mass is 427 g/mol. The third-order valence-electron chi connectivity index (χ3n) is 5.32. The number of carbonyl (C=O) groups is 2. The van der Waals surface area contributed by atoms with Crippen LogP contribution in [0.2, 0.25) is 5.02 Å². The van der Waals surface area contributed by atoms with E-state index < -0.39 is 16.1 Å². The summed E-state index contributed by atoms with van der Waals surface area (Å²) in [4.78, 5) is 28.5. The third-order valence-corrected chi connectivity index (χ3v) is 7.68. The molecular formula is C18H22ClN3O5S. The Labute approximate surface area is 169 Å². The Bertz CT molecular complexity index is 889. The molecule has 3 aliphatic rings. The van der Waals surface area contributed by atoms with E-state index >= 15 is 0 Å². The number of sulfonamides is 1. The van der Waals surface area contributed by atoms with E-state index in [0.29, 0.717) is 19.1 Å². The molecule has 0 unspecified atom stereocenters. The fourth-order valence-electron chi connectivity index (χ4n) is 3.64. The van der Waals surface area contributed by atoms with E-state index in [4.69, 9.17) is 16.3 Å². The molecule has 1 aromatic rings. The van der Waals surface area contributed by atoms with Crippen molar-refractivity contribution >= 4 is 33.4 Å². The second-order valence-electron chi connectivity index (χ2n) is 7.23. The van der Waals surface area contributed by atoms with Crippen molar-refractivity contribution in [2.45, 2.75) is 29.9 Å². The lowest BCUT2D eigenvalue weighted by Crippen LogP contribution is -2.58. The maximum Gasteiger partial charge on any atom is 0.253 e. The highest BCUT2D eigenvalue weighted by atomic mass is 35.5. The highest BCUT2D eigenvalue weighted by Crippen LogP contribution is 2.29. The number of amides is 2. The van der Waals surface area contributed by atoms with E-state index in [0.717, 1.165) is 12.8 Å². The first-order chi connectivity index (χ1) is 13.4. The van der Waals surface area contributed by atoms with Crippen molar-refractivity contribution in [3.05, 3.63) is 29.3 Å². The van der Waals surface area contributed by atoms with Crippen molar-refractivity contribution < 1.29 is 22.7 Å². The number of hydrogen-bond donors (Lipinski definition) is 0. The van der Waals surface area contributed by atoms with Crippen LogP contribution in [0.15, 0.2) is 29.2 Å². The summed E-state index contributed by atoms with van der Waals surface area (Å²) in [6, 6.07) is 6.55. The molecule has 2 aliphatic heterocycles. The Morgan fingerprint density at radius 1 is 1.14 bits per heavy atom. The van der Waals surface area contributed by atoms with Gasteiger partial charge in [0.1, 0.15) is 11.0 Å². The van der Waals surface area contributed by atoms with Gasteiger partial charge < -0.3 is 14.5 Å². The molecule has 1 aliphatic carbocycles. The van der Waals surface area contributed by atoms with Crippen LogP contribution in [0.3, 0.4) is 0 Å². The number of ether oxygens (including phenoxy) is 1. The zero-order chi connectivity index (χ0) is 19.9. The Morgan fingerprint density at radius 2 is 1.89 bits per heavy atom. The van der Waals surface area contributed by atoms with E-state index in [1.807, 2.05) is 4.90 Å². The molecular weight excluding hydrogens is 406 g/mol. The SMILES string of the molecule is O=C([C@H]1CN(S(=O)(=O)c2ccccc2Cl)CCO1)N1CCN(C2CC2)C(=O)C1. The first kappa shape index (κ1) is 19.6. The molecule has 0 aromatic heterocycles. The number of morpholine rings is 1. The second-order valence-corrected chi connectivity index (χ2v) is 9.54. The van der Waals surface area contributed by atoms with Crippen molar-refractivity contribution in [2.24, 2.45) is 0 Å². The summed E-state index contributed by atoms with van der Waals surface area (Å²) >= 11 is 6.05. The molecule has 2 amide bonds. The Morgan fingerprint density at radius 3 is 2.57 bits per heavy atom. The lowest BCUT2D eigenvalue weighted by Gasteiger charge is -2.38. The van der Waals surface area contributed by atoms with E-state index in [-0.39, 0.29) is 48.0 Å². The third kappa shape index (κ3) is 3.76. The topological polar surface area (TPSA) is 87.2 Å². The van der Waals surface area contributed by atoms with Gasteiger partial charge in [0, 0.05) is 32.2 Å². The van der Waals surface area contributed by atoms with Crippen molar-refractivity contribution in [1.29, 1.82) is 0 Å². The van der Waals surface area contributed by atoms with Gasteiger partial charge in [-0.05, 0) is 25.0 Å². The Hall–Kier alpha value is -1.68. The molecule has 2 saturated heterocycles. The van der Waals surface area contributed by atoms with Gasteiger partial charge >= 0.3 is 0 Å². The predicted molar refractivity (Wildman–Crippen MR) is 101 cm³/mol. The highest BCUT2D eigenvalue weighted by molar-refractivity contribution is 7.89. The van der Waals surface area contributed by atoms with Gasteiger partial charge in [-0.3, -0.25) is 9.59 Å². The summed E-state index contributed by atoms with van der Waals surface area (Å²) in [5, 5.41) is 0.138. The van der Waals surface area contributed by atoms with Gasteiger partial charge in [-0.1, -0.05) is 23.7 Å². The standard InChI is InChI=1S/C18H22ClN3O5S/c19-14-3-1-2-4-16(14)28(25,26)21-9-10-27-15(11-21)18(24)20-7-8-22(13-5-6-13)17(23)12-20/h1-4,13,15H,5-12H2/t15-/m1/s1. The smallest absolute Gasteiger partial charge is 0.253 e. The quantitative estimate of drug-likeness (QED) is 0.700. The Balaban J connectivity index is 1.44. The van der Waals surface area contributed by atoms with Gasteiger partial charge in [0.25, 0.3) is 5.91 Å². The Kier molecular flexibility index (Phi) is 5.34. The summed E-state index contributed by atoms with van der Waals surface area (Å²) in [6.45, 7) is 1.14. The summed E-state index contributed by atoms with van der Waals surface area (Å²) in [5.41, 5.74) is 0. The minimum Gasteiger partial charge on any atom is -0.366 e. The van der Waals surface area contributed by atoms with Crippen LogP contribution in [0.25, 0.3) is 0 Å². The molecule has 0 bridgehead atoms. The van der Waals surface area contributed by atoms with Crippen molar-refractivity contribution in [2.75, 3.05) is 39.3 Å². The van der Waals surface area contributed by atoms with Crippen LogP contribution >= 0.6 is 11.6 Å². The first-order valence-electron chi connectivity index (χ1n) is 9.32. The average molecular weight is 428 g/mol. The molecule has 28 heavy (non-hydrogen) atoms. The molecule has 10 heteroatoms. The van der Waals surface area contributed by atoms with E-state index in [9.17, 15) is 18.0 Å². The summed E-state index contributed by atoms with van der Waals surface area (Å²) in [6.07, 6.45) is 1.13. The molecule has 1 aromatic carbocycles. The molecule has 0 radical (unpaired) electrons. The number of halogens is 1. The molecule has 1 saturated carbocycles. The average Bonchev–Trinajstić information content (AvgIpc) is 3.53. The number of piperazine rings is 1. The van der Waals surface area contributed by atoms with Crippen LogP contribution in [0.4, 0.5) is 0 Å². The first-order valence-corrected chi connectivity index (χ1v) is 11.1. The molecule has 152 valence electrons. The largest absolute Gasteiger partial charge is 0.366 e. The summed E-state index contributed by atoms with van der Waals surface area (Å²) in [7, 11) is -3.84. The number of carbonyl (C=O) groups excluding carboxylic acids is 2. The number of hydrogen-bond acceptors (Lipinski definition) is 5. The molecule has 8 nitrogen and oxygen atoms in total. The molecule has 3 fully saturated rings. The molecule has 0 N–H and O–H groups in total. The van der Waals surface area contributed by atoms with Crippen LogP contribution < -0.4 is 0 Å². The van der Waals surface area contributed by atoms with Crippen LogP contribution in [0.5, 0.6) is 0 Å². The number of nitrogens with zero attached hydrogens (tertiary/aromatic N) is 3. The van der Waals surface area contributed by atoms with Gasteiger partial charge in [-0.2, -0.15) is 4.31 Å². The van der Waals surface area contributed by atoms with Gasteiger partial charge in [0.15, 0.2) is 0 Å². The van der Waals surface area contributed by atoms with Crippen LogP contribution in [0.1, 0.15) is 12.8 Å². The normalized spacial score (nSPS) is 24.5. The lowest BCUT2D eigenvalue weighted by atomic mass is 10.2. The molecule has 1 atom stereocenters. The van der Waals surface area contributed by atoms with Crippen molar-refractivity contribution in [3.63, 3.8) is 0 Å². The van der Waals surface area contributed by atoms with Gasteiger partial charge in [-0.25, -0.2) is 8.42 Å². The fraction of sp³-hybridized carbons (Fsp3) is 0.556. The zero-order valence-electron chi connectivity index (χ0n) is 15.3. The minimum atomic E-state index is -3.84. The van der Waals surface area contributed by atoms with Gasteiger partial charge in [0.05, 0.1) is 18.2 Å². The summed E-state index contributed by atoms with van der Waals surface area (Å²) < 4.78 is 32.6. The van der Waals surface area contributed by atoms with Gasteiger partial charge in [0.2, 0.25) is 15.9 Å².